The van der Waals surface area contributed by atoms with Gasteiger partial charge >= 0.3 is 5.97 Å². The van der Waals surface area contributed by atoms with E-state index in [-0.39, 0.29) is 5.97 Å². The van der Waals surface area contributed by atoms with Crippen LogP contribution in [0, 0.1) is 0 Å². The van der Waals surface area contributed by atoms with Crippen LogP contribution in [0.25, 0.3) is 21.2 Å². The van der Waals surface area contributed by atoms with Gasteiger partial charge in [-0.3, -0.25) is 4.79 Å². The molecule has 0 aliphatic carbocycles. The Bertz CT molecular complexity index is 1010. The fourth-order valence-electron chi connectivity index (χ4n) is 3.03. The number of hydrogen-bond acceptors (Lipinski definition) is 5. The van der Waals surface area contributed by atoms with Crippen molar-refractivity contribution < 1.29 is 9.53 Å². The van der Waals surface area contributed by atoms with Crippen molar-refractivity contribution in [3.05, 3.63) is 48.2 Å². The van der Waals surface area contributed by atoms with Gasteiger partial charge in [-0.05, 0) is 69.3 Å². The van der Waals surface area contributed by atoms with Gasteiger partial charge in [0.2, 0.25) is 0 Å². The predicted octanol–water partition coefficient (Wildman–Crippen LogP) is 7.30. The maximum Gasteiger partial charge on any atom is 0.322 e. The van der Waals surface area contributed by atoms with Gasteiger partial charge in [0, 0.05) is 22.0 Å². The summed E-state index contributed by atoms with van der Waals surface area (Å²) in [5, 5.41) is 1.12. The van der Waals surface area contributed by atoms with Crippen molar-refractivity contribution in [1.29, 1.82) is 0 Å². The molecule has 0 bridgehead atoms. The molecule has 1 heterocycles. The maximum absolute atomic E-state index is 12.8. The number of nitrogens with zero attached hydrogens (tertiary/aromatic N) is 1. The summed E-state index contributed by atoms with van der Waals surface area (Å²) in [7, 11) is 0. The minimum Gasteiger partial charge on any atom is -0.459 e. The Morgan fingerprint density at radius 3 is 2.28 bits per heavy atom. The fraction of sp³-hybridized carbons (Fsp3) is 0.417. The van der Waals surface area contributed by atoms with E-state index in [2.05, 4.69) is 54.6 Å². The topological polar surface area (TPSA) is 39.2 Å². The number of aromatic nitrogens is 1. The van der Waals surface area contributed by atoms with Crippen LogP contribution in [-0.4, -0.2) is 20.7 Å². The van der Waals surface area contributed by atoms with Crippen LogP contribution in [0.1, 0.15) is 59.9 Å². The number of hydrogen-bond donors (Lipinski definition) is 0. The highest BCUT2D eigenvalue weighted by Crippen LogP contribution is 2.44. The van der Waals surface area contributed by atoms with Crippen molar-refractivity contribution >= 4 is 39.3 Å². The van der Waals surface area contributed by atoms with Crippen molar-refractivity contribution in [3.63, 3.8) is 0 Å². The summed E-state index contributed by atoms with van der Waals surface area (Å²) in [4.78, 5) is 13.9. The predicted molar refractivity (Wildman–Crippen MR) is 125 cm³/mol. The molecule has 3 rings (SSSR count). The first-order valence-electron chi connectivity index (χ1n) is 9.88. The fourth-order valence-corrected chi connectivity index (χ4v) is 5.04. The molecule has 0 amide bonds. The quantitative estimate of drug-likeness (QED) is 0.316. The number of thioether (sulfide) groups is 1. The average Bonchev–Trinajstić information content (AvgIpc) is 3.08. The lowest BCUT2D eigenvalue weighted by Gasteiger charge is -2.28. The number of carbonyl (C=O) groups is 1. The zero-order chi connectivity index (χ0) is 21.4. The molecule has 0 radical (unpaired) electrons. The molecule has 1 aromatic heterocycles. The standard InChI is InChI=1S/C24H29NO2S2/c1-15(2)16-8-10-17(11-9-16)20-19(13-12-18-14-25-29-21(18)20)28-24(6,7)22(26)27-23(3,4)5/h8-15H,1-7H3. The van der Waals surface area contributed by atoms with E-state index in [4.69, 9.17) is 4.74 Å². The summed E-state index contributed by atoms with van der Waals surface area (Å²) in [5.74, 6) is 0.281. The summed E-state index contributed by atoms with van der Waals surface area (Å²) in [6, 6.07) is 12.9. The van der Waals surface area contributed by atoms with Crippen molar-refractivity contribution in [2.24, 2.45) is 0 Å². The van der Waals surface area contributed by atoms with E-state index in [1.165, 1.54) is 17.1 Å². The highest BCUT2D eigenvalue weighted by Gasteiger charge is 2.34. The van der Waals surface area contributed by atoms with E-state index in [0.29, 0.717) is 5.92 Å². The van der Waals surface area contributed by atoms with Crippen LogP contribution in [0.4, 0.5) is 0 Å². The van der Waals surface area contributed by atoms with Gasteiger partial charge in [-0.15, -0.1) is 11.8 Å². The molecule has 0 atom stereocenters. The highest BCUT2D eigenvalue weighted by atomic mass is 32.2. The van der Waals surface area contributed by atoms with E-state index in [1.807, 2.05) is 40.8 Å². The lowest BCUT2D eigenvalue weighted by atomic mass is 9.98. The third-order valence-corrected chi connectivity index (χ3v) is 6.68. The largest absolute Gasteiger partial charge is 0.459 e. The molecule has 29 heavy (non-hydrogen) atoms. The van der Waals surface area contributed by atoms with Crippen LogP contribution < -0.4 is 0 Å². The van der Waals surface area contributed by atoms with Gasteiger partial charge in [0.1, 0.15) is 10.3 Å². The maximum atomic E-state index is 12.8. The molecule has 0 fully saturated rings. The first kappa shape index (κ1) is 21.8. The molecule has 3 nitrogen and oxygen atoms in total. The molecule has 0 saturated carbocycles. The van der Waals surface area contributed by atoms with Crippen LogP contribution in [-0.2, 0) is 9.53 Å². The average molecular weight is 428 g/mol. The van der Waals surface area contributed by atoms with Gasteiger partial charge in [-0.25, -0.2) is 0 Å². The second-order valence-corrected chi connectivity index (χ2v) is 11.5. The number of rotatable bonds is 5. The first-order valence-corrected chi connectivity index (χ1v) is 11.5. The Balaban J connectivity index is 2.04. The second kappa shape index (κ2) is 8.11. The minimum atomic E-state index is -0.710. The summed E-state index contributed by atoms with van der Waals surface area (Å²) in [6.45, 7) is 13.9. The van der Waals surface area contributed by atoms with Crippen molar-refractivity contribution in [2.75, 3.05) is 0 Å². The molecule has 0 unspecified atom stereocenters. The van der Waals surface area contributed by atoms with E-state index in [0.717, 1.165) is 26.1 Å². The lowest BCUT2D eigenvalue weighted by Crippen LogP contribution is -2.36. The smallest absolute Gasteiger partial charge is 0.322 e. The molecule has 0 N–H and O–H groups in total. The molecule has 5 heteroatoms. The zero-order valence-corrected chi connectivity index (χ0v) is 19.8. The molecular weight excluding hydrogens is 398 g/mol. The Hall–Kier alpha value is -1.85. The zero-order valence-electron chi connectivity index (χ0n) is 18.2. The van der Waals surface area contributed by atoms with Crippen LogP contribution in [0.3, 0.4) is 0 Å². The van der Waals surface area contributed by atoms with Crippen LogP contribution in [0.15, 0.2) is 47.5 Å². The van der Waals surface area contributed by atoms with Crippen molar-refractivity contribution in [2.45, 2.75) is 69.6 Å². The van der Waals surface area contributed by atoms with Gasteiger partial charge in [0.15, 0.2) is 0 Å². The number of ether oxygens (including phenoxy) is 1. The lowest BCUT2D eigenvalue weighted by molar-refractivity contribution is -0.156. The third-order valence-electron chi connectivity index (χ3n) is 4.61. The minimum absolute atomic E-state index is 0.208. The molecule has 3 aromatic rings. The van der Waals surface area contributed by atoms with E-state index >= 15 is 0 Å². The molecule has 0 saturated heterocycles. The summed E-state index contributed by atoms with van der Waals surface area (Å²) < 4.78 is 10.5. The van der Waals surface area contributed by atoms with Gasteiger partial charge in [-0.1, -0.05) is 44.2 Å². The molecule has 0 spiro atoms. The third kappa shape index (κ3) is 5.01. The molecule has 154 valence electrons. The van der Waals surface area contributed by atoms with Gasteiger partial charge in [-0.2, -0.15) is 4.37 Å². The summed E-state index contributed by atoms with van der Waals surface area (Å²) in [5.41, 5.74) is 3.09. The van der Waals surface area contributed by atoms with Crippen LogP contribution >= 0.6 is 23.3 Å². The number of esters is 1. The number of carbonyl (C=O) groups excluding carboxylic acids is 1. The van der Waals surface area contributed by atoms with E-state index in [9.17, 15) is 4.79 Å². The normalized spacial score (nSPS) is 12.6. The van der Waals surface area contributed by atoms with Crippen molar-refractivity contribution in [1.82, 2.24) is 4.37 Å². The SMILES string of the molecule is CC(C)c1ccc(-c2c(SC(C)(C)C(=O)OC(C)(C)C)ccc3cnsc23)cc1. The molecule has 0 aliphatic rings. The number of fused-ring (bicyclic) bond motifs is 1. The van der Waals surface area contributed by atoms with Crippen LogP contribution in [0.2, 0.25) is 0 Å². The Kier molecular flexibility index (Phi) is 6.11. The van der Waals surface area contributed by atoms with Gasteiger partial charge in [0.05, 0.1) is 4.70 Å². The molecule has 2 aromatic carbocycles. The molecular formula is C24H29NO2S2. The number of benzene rings is 2. The van der Waals surface area contributed by atoms with E-state index in [1.54, 1.807) is 11.8 Å². The van der Waals surface area contributed by atoms with Crippen molar-refractivity contribution in [3.8, 4) is 11.1 Å². The monoisotopic (exact) mass is 427 g/mol. The Labute approximate surface area is 182 Å². The highest BCUT2D eigenvalue weighted by molar-refractivity contribution is 8.01. The second-order valence-electron chi connectivity index (χ2n) is 9.07. The summed E-state index contributed by atoms with van der Waals surface area (Å²) in [6.07, 6.45) is 1.90. The Morgan fingerprint density at radius 1 is 1.03 bits per heavy atom. The van der Waals surface area contributed by atoms with E-state index < -0.39 is 10.3 Å². The van der Waals surface area contributed by atoms with Gasteiger partial charge in [0.25, 0.3) is 0 Å². The Morgan fingerprint density at radius 2 is 1.69 bits per heavy atom. The first-order chi connectivity index (χ1) is 13.5. The molecule has 0 aliphatic heterocycles. The van der Waals surface area contributed by atoms with Gasteiger partial charge < -0.3 is 4.74 Å². The summed E-state index contributed by atoms with van der Waals surface area (Å²) >= 11 is 3.05. The van der Waals surface area contributed by atoms with Crippen LogP contribution in [0.5, 0.6) is 0 Å².